The average molecular weight is 200 g/mol. The van der Waals surface area contributed by atoms with E-state index in [1.165, 1.54) is 44.9 Å². The van der Waals surface area contributed by atoms with Crippen LogP contribution in [0.2, 0.25) is 0 Å². The van der Waals surface area contributed by atoms with Crippen LogP contribution in [0.25, 0.3) is 0 Å². The predicted molar refractivity (Wildman–Crippen MR) is 48.0 cm³/mol. The second-order valence-corrected chi connectivity index (χ2v) is 2.97. The predicted octanol–water partition coefficient (Wildman–Crippen LogP) is 3.96. The maximum atomic E-state index is 3.82. The topological polar surface area (TPSA) is 0 Å². The molecule has 0 rings (SSSR count). The van der Waals surface area contributed by atoms with Crippen LogP contribution < -0.4 is 0 Å². The van der Waals surface area contributed by atoms with E-state index in [2.05, 4.69) is 13.8 Å². The van der Waals surface area contributed by atoms with Crippen LogP contribution in [0.1, 0.15) is 58.3 Å². The third-order valence-corrected chi connectivity index (χ3v) is 1.85. The van der Waals surface area contributed by atoms with E-state index in [0.717, 1.165) is 6.42 Å². The molecule has 0 radical (unpaired) electrons. The first-order chi connectivity index (χ1) is 4.91. The van der Waals surface area contributed by atoms with E-state index in [1.54, 1.807) is 0 Å². The molecule has 0 aliphatic carbocycles. The Morgan fingerprint density at radius 1 is 0.818 bits per heavy atom. The van der Waals surface area contributed by atoms with Crippen molar-refractivity contribution in [3.63, 3.8) is 0 Å². The Morgan fingerprint density at radius 3 is 1.73 bits per heavy atom. The van der Waals surface area contributed by atoms with Crippen LogP contribution in [0.5, 0.6) is 0 Å². The van der Waals surface area contributed by atoms with Crippen molar-refractivity contribution in [3.8, 4) is 0 Å². The zero-order valence-corrected chi connectivity index (χ0v) is 8.67. The summed E-state index contributed by atoms with van der Waals surface area (Å²) in [5, 5.41) is 0. The van der Waals surface area contributed by atoms with Gasteiger partial charge in [-0.05, 0) is 0 Å². The van der Waals surface area contributed by atoms with Gasteiger partial charge in [-0.15, -0.1) is 0 Å². The molecule has 0 amide bonds. The molecule has 0 bridgehead atoms. The summed E-state index contributed by atoms with van der Waals surface area (Å²) in [5.74, 6) is 0. The first kappa shape index (κ1) is 14.0. The molecule has 0 aliphatic heterocycles. The summed E-state index contributed by atoms with van der Waals surface area (Å²) >= 11 is 0. The molecule has 0 aromatic rings. The molecule has 72 valence electrons. The van der Waals surface area contributed by atoms with E-state index >= 15 is 0 Å². The minimum atomic E-state index is 0. The van der Waals surface area contributed by atoms with Gasteiger partial charge in [0.05, 0.1) is 0 Å². The molecule has 0 aromatic carbocycles. The van der Waals surface area contributed by atoms with Gasteiger partial charge in [0.25, 0.3) is 0 Å². The fourth-order valence-corrected chi connectivity index (χ4v) is 1.13. The quantitative estimate of drug-likeness (QED) is 0.331. The van der Waals surface area contributed by atoms with Crippen molar-refractivity contribution in [1.29, 1.82) is 0 Å². The molecule has 0 unspecified atom stereocenters. The van der Waals surface area contributed by atoms with E-state index in [4.69, 9.17) is 0 Å². The third kappa shape index (κ3) is 13.5. The molecule has 0 spiro atoms. The Kier molecular flexibility index (Phi) is 16.7. The van der Waals surface area contributed by atoms with E-state index < -0.39 is 0 Å². The summed E-state index contributed by atoms with van der Waals surface area (Å²) in [5.41, 5.74) is 0. The molecule has 0 atom stereocenters. The summed E-state index contributed by atoms with van der Waals surface area (Å²) < 4.78 is 0. The first-order valence-corrected chi connectivity index (χ1v) is 4.71. The van der Waals surface area contributed by atoms with Gasteiger partial charge in [0.1, 0.15) is 0 Å². The Hall–Kier alpha value is 0.494. The zero-order chi connectivity index (χ0) is 7.66. The fraction of sp³-hybridized carbons (Fsp3) is 0.900. The van der Waals surface area contributed by atoms with Gasteiger partial charge in [0.15, 0.2) is 0 Å². The molecule has 0 aromatic heterocycles. The molecule has 0 saturated carbocycles. The number of hydrogen-bond donors (Lipinski definition) is 0. The SMILES string of the molecule is [CH2-]CCCCCCCCC.[Ni]. The van der Waals surface area contributed by atoms with Crippen molar-refractivity contribution < 1.29 is 16.5 Å². The summed E-state index contributed by atoms with van der Waals surface area (Å²) in [6.45, 7) is 6.08. The van der Waals surface area contributed by atoms with Crippen molar-refractivity contribution in [3.05, 3.63) is 6.92 Å². The van der Waals surface area contributed by atoms with Gasteiger partial charge in [-0.2, -0.15) is 6.42 Å². The van der Waals surface area contributed by atoms with Gasteiger partial charge in [-0.25, -0.2) is 0 Å². The molecular weight excluding hydrogens is 179 g/mol. The zero-order valence-electron chi connectivity index (χ0n) is 7.68. The Balaban J connectivity index is 0. The Morgan fingerprint density at radius 2 is 1.27 bits per heavy atom. The maximum Gasteiger partial charge on any atom is 0 e. The van der Waals surface area contributed by atoms with E-state index in [-0.39, 0.29) is 16.5 Å². The number of hydrogen-bond acceptors (Lipinski definition) is 0. The minimum Gasteiger partial charge on any atom is -0.343 e. The van der Waals surface area contributed by atoms with Gasteiger partial charge in [-0.3, -0.25) is 0 Å². The third-order valence-electron chi connectivity index (χ3n) is 1.85. The van der Waals surface area contributed by atoms with Gasteiger partial charge in [0.2, 0.25) is 0 Å². The number of unbranched alkanes of at least 4 members (excludes halogenated alkanes) is 7. The van der Waals surface area contributed by atoms with Crippen LogP contribution in [-0.2, 0) is 16.5 Å². The molecule has 0 nitrogen and oxygen atoms in total. The molecule has 0 heterocycles. The van der Waals surface area contributed by atoms with E-state index in [0.29, 0.717) is 0 Å². The van der Waals surface area contributed by atoms with Crippen molar-refractivity contribution in [2.45, 2.75) is 58.3 Å². The first-order valence-electron chi connectivity index (χ1n) is 4.71. The molecule has 0 saturated heterocycles. The Labute approximate surface area is 82.1 Å². The monoisotopic (exact) mass is 199 g/mol. The molecule has 0 aliphatic rings. The molecule has 11 heavy (non-hydrogen) atoms. The summed E-state index contributed by atoms with van der Waals surface area (Å²) in [4.78, 5) is 0. The summed E-state index contributed by atoms with van der Waals surface area (Å²) in [6.07, 6.45) is 10.9. The second kappa shape index (κ2) is 13.1. The maximum absolute atomic E-state index is 3.82. The van der Waals surface area contributed by atoms with Gasteiger partial charge in [0, 0.05) is 16.5 Å². The Bertz CT molecular complexity index is 44.8. The largest absolute Gasteiger partial charge is 0.343 e. The standard InChI is InChI=1S/C10H21.Ni/c1-3-5-7-9-10-8-6-4-2;/h1,3-10H2,2H3;/q-1;. The van der Waals surface area contributed by atoms with Crippen LogP contribution in [-0.4, -0.2) is 0 Å². The average Bonchev–Trinajstić information content (AvgIpc) is 1.97. The molecule has 1 heteroatoms. The van der Waals surface area contributed by atoms with Crippen LogP contribution in [0.3, 0.4) is 0 Å². The molecule has 0 fully saturated rings. The fourth-order valence-electron chi connectivity index (χ4n) is 1.13. The normalized spacial score (nSPS) is 9.27. The number of rotatable bonds is 7. The molecular formula is C10H21Ni-. The van der Waals surface area contributed by atoms with E-state index in [1.807, 2.05) is 0 Å². The van der Waals surface area contributed by atoms with Gasteiger partial charge < -0.3 is 6.92 Å². The van der Waals surface area contributed by atoms with Crippen molar-refractivity contribution >= 4 is 0 Å². The van der Waals surface area contributed by atoms with Crippen molar-refractivity contribution in [1.82, 2.24) is 0 Å². The van der Waals surface area contributed by atoms with Gasteiger partial charge in [-0.1, -0.05) is 51.9 Å². The summed E-state index contributed by atoms with van der Waals surface area (Å²) in [7, 11) is 0. The smallest absolute Gasteiger partial charge is 0 e. The second-order valence-electron chi connectivity index (χ2n) is 2.97. The van der Waals surface area contributed by atoms with Crippen LogP contribution in [0.4, 0.5) is 0 Å². The van der Waals surface area contributed by atoms with Crippen molar-refractivity contribution in [2.24, 2.45) is 0 Å². The van der Waals surface area contributed by atoms with Crippen LogP contribution in [0, 0.1) is 6.92 Å². The van der Waals surface area contributed by atoms with Crippen LogP contribution in [0.15, 0.2) is 0 Å². The van der Waals surface area contributed by atoms with E-state index in [9.17, 15) is 0 Å². The van der Waals surface area contributed by atoms with Crippen LogP contribution >= 0.6 is 0 Å². The van der Waals surface area contributed by atoms with Gasteiger partial charge >= 0.3 is 0 Å². The molecule has 0 N–H and O–H groups in total. The van der Waals surface area contributed by atoms with Crippen molar-refractivity contribution in [2.75, 3.05) is 0 Å². The minimum absolute atomic E-state index is 0. The summed E-state index contributed by atoms with van der Waals surface area (Å²) in [6, 6.07) is 0.